The average molecular weight is 223 g/mol. The molecular formula is C13H25N3. The van der Waals surface area contributed by atoms with Gasteiger partial charge in [-0.3, -0.25) is 4.68 Å². The summed E-state index contributed by atoms with van der Waals surface area (Å²) < 4.78 is 2.02. The van der Waals surface area contributed by atoms with Crippen molar-refractivity contribution >= 4 is 0 Å². The number of hydrogen-bond acceptors (Lipinski definition) is 2. The van der Waals surface area contributed by atoms with Crippen LogP contribution in [0.15, 0.2) is 6.07 Å². The van der Waals surface area contributed by atoms with Gasteiger partial charge in [-0.1, -0.05) is 13.8 Å². The first-order valence-electron chi connectivity index (χ1n) is 6.42. The lowest BCUT2D eigenvalue weighted by molar-refractivity contribution is 0.507. The van der Waals surface area contributed by atoms with Gasteiger partial charge >= 0.3 is 0 Å². The van der Waals surface area contributed by atoms with E-state index in [4.69, 9.17) is 0 Å². The average Bonchev–Trinajstić information content (AvgIpc) is 2.60. The number of nitrogens with zero attached hydrogens (tertiary/aromatic N) is 2. The van der Waals surface area contributed by atoms with E-state index >= 15 is 0 Å². The summed E-state index contributed by atoms with van der Waals surface area (Å²) in [6.45, 7) is 7.63. The van der Waals surface area contributed by atoms with Crippen LogP contribution in [-0.2, 0) is 19.9 Å². The Morgan fingerprint density at radius 3 is 2.75 bits per heavy atom. The van der Waals surface area contributed by atoms with Gasteiger partial charge in [-0.05, 0) is 45.2 Å². The van der Waals surface area contributed by atoms with E-state index in [2.05, 4.69) is 37.3 Å². The van der Waals surface area contributed by atoms with Gasteiger partial charge in [0.2, 0.25) is 0 Å². The monoisotopic (exact) mass is 223 g/mol. The number of aromatic nitrogens is 2. The Hall–Kier alpha value is -0.830. The van der Waals surface area contributed by atoms with Gasteiger partial charge < -0.3 is 5.32 Å². The van der Waals surface area contributed by atoms with E-state index in [1.54, 1.807) is 0 Å². The van der Waals surface area contributed by atoms with E-state index in [1.807, 2.05) is 11.7 Å². The van der Waals surface area contributed by atoms with E-state index in [0.29, 0.717) is 6.04 Å². The molecule has 0 aromatic carbocycles. The van der Waals surface area contributed by atoms with Crippen LogP contribution in [0.3, 0.4) is 0 Å². The molecule has 0 amide bonds. The standard InChI is InChI=1S/C13H25N3/c1-5-12-10-13(16(4)15-12)9-7-8-11(3)14-6-2/h10-11,14H,5-9H2,1-4H3. The van der Waals surface area contributed by atoms with Gasteiger partial charge in [0.15, 0.2) is 0 Å². The molecule has 1 aromatic rings. The largest absolute Gasteiger partial charge is 0.315 e. The second-order valence-corrected chi connectivity index (χ2v) is 4.46. The molecule has 1 heterocycles. The molecule has 0 aliphatic carbocycles. The Balaban J connectivity index is 2.33. The molecule has 0 aliphatic rings. The highest BCUT2D eigenvalue weighted by atomic mass is 15.3. The fraction of sp³-hybridized carbons (Fsp3) is 0.769. The Morgan fingerprint density at radius 1 is 1.44 bits per heavy atom. The first kappa shape index (κ1) is 13.2. The smallest absolute Gasteiger partial charge is 0.0624 e. The van der Waals surface area contributed by atoms with Crippen molar-refractivity contribution < 1.29 is 0 Å². The molecule has 0 saturated heterocycles. The maximum absolute atomic E-state index is 4.46. The highest BCUT2D eigenvalue weighted by Gasteiger charge is 2.05. The zero-order valence-corrected chi connectivity index (χ0v) is 11.1. The predicted molar refractivity (Wildman–Crippen MR) is 68.7 cm³/mol. The third kappa shape index (κ3) is 3.97. The third-order valence-corrected chi connectivity index (χ3v) is 3.01. The van der Waals surface area contributed by atoms with Crippen LogP contribution < -0.4 is 5.32 Å². The quantitative estimate of drug-likeness (QED) is 0.768. The summed E-state index contributed by atoms with van der Waals surface area (Å²) in [6, 6.07) is 2.86. The highest BCUT2D eigenvalue weighted by Crippen LogP contribution is 2.09. The minimum atomic E-state index is 0.629. The summed E-state index contributed by atoms with van der Waals surface area (Å²) in [7, 11) is 2.04. The SMILES string of the molecule is CCNC(C)CCCc1cc(CC)nn1C. The van der Waals surface area contributed by atoms with Crippen LogP contribution in [0.25, 0.3) is 0 Å². The normalized spacial score (nSPS) is 13.0. The lowest BCUT2D eigenvalue weighted by atomic mass is 10.1. The van der Waals surface area contributed by atoms with Gasteiger partial charge in [-0.15, -0.1) is 0 Å². The molecule has 1 unspecified atom stereocenters. The number of aryl methyl sites for hydroxylation is 3. The molecular weight excluding hydrogens is 198 g/mol. The molecule has 3 nitrogen and oxygen atoms in total. The summed E-state index contributed by atoms with van der Waals surface area (Å²) in [6.07, 6.45) is 4.64. The molecule has 1 N–H and O–H groups in total. The lowest BCUT2D eigenvalue weighted by Gasteiger charge is -2.11. The van der Waals surface area contributed by atoms with Gasteiger partial charge in [-0.2, -0.15) is 5.10 Å². The fourth-order valence-electron chi connectivity index (χ4n) is 2.02. The maximum Gasteiger partial charge on any atom is 0.0624 e. The Morgan fingerprint density at radius 2 is 2.19 bits per heavy atom. The van der Waals surface area contributed by atoms with E-state index in [1.165, 1.54) is 24.2 Å². The van der Waals surface area contributed by atoms with Crippen molar-refractivity contribution in [1.82, 2.24) is 15.1 Å². The Labute approximate surface area is 99.2 Å². The molecule has 92 valence electrons. The van der Waals surface area contributed by atoms with Crippen LogP contribution in [0.5, 0.6) is 0 Å². The van der Waals surface area contributed by atoms with Crippen LogP contribution in [0.2, 0.25) is 0 Å². The Kier molecular flexibility index (Phi) is 5.53. The molecule has 3 heteroatoms. The number of hydrogen-bond donors (Lipinski definition) is 1. The minimum Gasteiger partial charge on any atom is -0.315 e. The zero-order chi connectivity index (χ0) is 12.0. The molecule has 0 radical (unpaired) electrons. The summed E-state index contributed by atoms with van der Waals surface area (Å²) in [4.78, 5) is 0. The summed E-state index contributed by atoms with van der Waals surface area (Å²) in [5.41, 5.74) is 2.57. The maximum atomic E-state index is 4.46. The van der Waals surface area contributed by atoms with Crippen LogP contribution in [-0.4, -0.2) is 22.4 Å². The molecule has 0 bridgehead atoms. The molecule has 1 aromatic heterocycles. The van der Waals surface area contributed by atoms with Gasteiger partial charge in [-0.25, -0.2) is 0 Å². The lowest BCUT2D eigenvalue weighted by Crippen LogP contribution is -2.25. The van der Waals surface area contributed by atoms with Gasteiger partial charge in [0.1, 0.15) is 0 Å². The number of nitrogens with one attached hydrogen (secondary N) is 1. The van der Waals surface area contributed by atoms with Gasteiger partial charge in [0.25, 0.3) is 0 Å². The molecule has 0 fully saturated rings. The van der Waals surface area contributed by atoms with Crippen LogP contribution in [0.4, 0.5) is 0 Å². The summed E-state index contributed by atoms with van der Waals surface area (Å²) in [5, 5.41) is 7.90. The van der Waals surface area contributed by atoms with Crippen molar-refractivity contribution in [2.75, 3.05) is 6.54 Å². The van der Waals surface area contributed by atoms with E-state index in [0.717, 1.165) is 19.4 Å². The molecule has 0 aliphatic heterocycles. The molecule has 16 heavy (non-hydrogen) atoms. The molecule has 1 atom stereocenters. The minimum absolute atomic E-state index is 0.629. The topological polar surface area (TPSA) is 29.9 Å². The van der Waals surface area contributed by atoms with E-state index in [-0.39, 0.29) is 0 Å². The van der Waals surface area contributed by atoms with E-state index in [9.17, 15) is 0 Å². The number of rotatable bonds is 7. The molecule has 0 spiro atoms. The van der Waals surface area contributed by atoms with Crippen molar-refractivity contribution in [1.29, 1.82) is 0 Å². The van der Waals surface area contributed by atoms with Crippen molar-refractivity contribution in [3.05, 3.63) is 17.5 Å². The third-order valence-electron chi connectivity index (χ3n) is 3.01. The molecule has 0 saturated carbocycles. The fourth-order valence-corrected chi connectivity index (χ4v) is 2.02. The summed E-state index contributed by atoms with van der Waals surface area (Å²) in [5.74, 6) is 0. The second-order valence-electron chi connectivity index (χ2n) is 4.46. The van der Waals surface area contributed by atoms with Crippen LogP contribution in [0.1, 0.15) is 45.0 Å². The first-order chi connectivity index (χ1) is 7.67. The van der Waals surface area contributed by atoms with Gasteiger partial charge in [0, 0.05) is 18.8 Å². The van der Waals surface area contributed by atoms with Crippen molar-refractivity contribution in [3.63, 3.8) is 0 Å². The van der Waals surface area contributed by atoms with Crippen LogP contribution >= 0.6 is 0 Å². The zero-order valence-electron chi connectivity index (χ0n) is 11.1. The predicted octanol–water partition coefficient (Wildman–Crippen LogP) is 2.30. The highest BCUT2D eigenvalue weighted by molar-refractivity contribution is 5.10. The van der Waals surface area contributed by atoms with Crippen LogP contribution in [0, 0.1) is 0 Å². The second kappa shape index (κ2) is 6.69. The summed E-state index contributed by atoms with van der Waals surface area (Å²) >= 11 is 0. The van der Waals surface area contributed by atoms with E-state index < -0.39 is 0 Å². The Bertz CT molecular complexity index is 304. The van der Waals surface area contributed by atoms with Crippen molar-refractivity contribution in [3.8, 4) is 0 Å². The first-order valence-corrected chi connectivity index (χ1v) is 6.42. The van der Waals surface area contributed by atoms with Crippen molar-refractivity contribution in [2.45, 2.75) is 52.5 Å². The molecule has 1 rings (SSSR count). The van der Waals surface area contributed by atoms with Crippen molar-refractivity contribution in [2.24, 2.45) is 7.05 Å². The van der Waals surface area contributed by atoms with Gasteiger partial charge in [0.05, 0.1) is 5.69 Å².